The molecule has 110 valence electrons. The molecule has 1 amide bonds. The largest absolute Gasteiger partial charge is 0.325 e. The molecule has 3 heteroatoms. The van der Waals surface area contributed by atoms with Crippen LogP contribution in [0.1, 0.15) is 16.7 Å². The highest BCUT2D eigenvalue weighted by atomic mass is 16.1. The molecular formula is C18H22N2O. The number of carbonyl (C=O) groups is 1. The van der Waals surface area contributed by atoms with Crippen molar-refractivity contribution in [1.29, 1.82) is 0 Å². The highest BCUT2D eigenvalue weighted by Gasteiger charge is 2.03. The standard InChI is InChI=1S/C18H22N2O/c1-14-10-15(2)12-17(11-14)20-18(21)13-19-9-8-16-6-4-3-5-7-16/h3-7,10-12,19H,8-9,13H2,1-2H3,(H,20,21). The van der Waals surface area contributed by atoms with Gasteiger partial charge in [-0.2, -0.15) is 0 Å². The number of hydrogen-bond donors (Lipinski definition) is 2. The summed E-state index contributed by atoms with van der Waals surface area (Å²) in [6.45, 7) is 5.19. The third-order valence-electron chi connectivity index (χ3n) is 3.22. The Labute approximate surface area is 126 Å². The summed E-state index contributed by atoms with van der Waals surface area (Å²) in [6.07, 6.45) is 0.928. The minimum Gasteiger partial charge on any atom is -0.325 e. The van der Waals surface area contributed by atoms with Gasteiger partial charge in [-0.05, 0) is 55.6 Å². The summed E-state index contributed by atoms with van der Waals surface area (Å²) in [6, 6.07) is 16.3. The van der Waals surface area contributed by atoms with Crippen molar-refractivity contribution in [2.24, 2.45) is 0 Å². The van der Waals surface area contributed by atoms with Gasteiger partial charge in [-0.1, -0.05) is 36.4 Å². The van der Waals surface area contributed by atoms with Gasteiger partial charge < -0.3 is 10.6 Å². The van der Waals surface area contributed by atoms with Crippen molar-refractivity contribution >= 4 is 11.6 Å². The molecule has 0 aromatic heterocycles. The summed E-state index contributed by atoms with van der Waals surface area (Å²) in [5.41, 5.74) is 4.45. The third-order valence-corrected chi connectivity index (χ3v) is 3.22. The Morgan fingerprint density at radius 2 is 1.67 bits per heavy atom. The Kier molecular flexibility index (Phi) is 5.52. The van der Waals surface area contributed by atoms with E-state index in [1.165, 1.54) is 5.56 Å². The molecule has 21 heavy (non-hydrogen) atoms. The van der Waals surface area contributed by atoms with Gasteiger partial charge in [0.1, 0.15) is 0 Å². The minimum absolute atomic E-state index is 0.00642. The smallest absolute Gasteiger partial charge is 0.238 e. The molecule has 0 fully saturated rings. The summed E-state index contributed by atoms with van der Waals surface area (Å²) < 4.78 is 0. The molecule has 2 aromatic carbocycles. The summed E-state index contributed by atoms with van der Waals surface area (Å²) >= 11 is 0. The van der Waals surface area contributed by atoms with Gasteiger partial charge in [0.05, 0.1) is 6.54 Å². The zero-order chi connectivity index (χ0) is 15.1. The van der Waals surface area contributed by atoms with Crippen molar-refractivity contribution in [3.05, 3.63) is 65.2 Å². The van der Waals surface area contributed by atoms with Crippen LogP contribution in [0.4, 0.5) is 5.69 Å². The second kappa shape index (κ2) is 7.60. The van der Waals surface area contributed by atoms with Gasteiger partial charge in [-0.3, -0.25) is 4.79 Å². The Bertz CT molecular complexity index is 573. The molecule has 0 bridgehead atoms. The van der Waals surface area contributed by atoms with E-state index in [0.29, 0.717) is 6.54 Å². The highest BCUT2D eigenvalue weighted by molar-refractivity contribution is 5.92. The van der Waals surface area contributed by atoms with Crippen LogP contribution in [0.15, 0.2) is 48.5 Å². The first-order chi connectivity index (χ1) is 10.1. The third kappa shape index (κ3) is 5.40. The molecule has 2 N–H and O–H groups in total. The van der Waals surface area contributed by atoms with Gasteiger partial charge in [-0.15, -0.1) is 0 Å². The van der Waals surface area contributed by atoms with E-state index in [0.717, 1.165) is 29.8 Å². The number of aryl methyl sites for hydroxylation is 2. The van der Waals surface area contributed by atoms with E-state index in [-0.39, 0.29) is 5.91 Å². The van der Waals surface area contributed by atoms with Crippen molar-refractivity contribution in [2.45, 2.75) is 20.3 Å². The first kappa shape index (κ1) is 15.3. The summed E-state index contributed by atoms with van der Waals surface area (Å²) in [5, 5.41) is 6.09. The molecule has 3 nitrogen and oxygen atoms in total. The van der Waals surface area contributed by atoms with E-state index in [1.807, 2.05) is 44.2 Å². The molecule has 0 aliphatic carbocycles. The zero-order valence-electron chi connectivity index (χ0n) is 12.6. The van der Waals surface area contributed by atoms with Gasteiger partial charge in [-0.25, -0.2) is 0 Å². The summed E-state index contributed by atoms with van der Waals surface area (Å²) in [5.74, 6) is -0.00642. The molecule has 0 spiro atoms. The number of rotatable bonds is 6. The van der Waals surface area contributed by atoms with Crippen molar-refractivity contribution in [3.8, 4) is 0 Å². The van der Waals surface area contributed by atoms with Crippen LogP contribution in [0.2, 0.25) is 0 Å². The van der Waals surface area contributed by atoms with Crippen LogP contribution in [0.5, 0.6) is 0 Å². The number of benzene rings is 2. The number of nitrogens with one attached hydrogen (secondary N) is 2. The van der Waals surface area contributed by atoms with E-state index in [9.17, 15) is 4.79 Å². The predicted octanol–water partition coefficient (Wildman–Crippen LogP) is 3.07. The molecule has 0 radical (unpaired) electrons. The molecule has 0 aliphatic rings. The molecule has 0 atom stereocenters. The molecule has 0 unspecified atom stereocenters. The first-order valence-corrected chi connectivity index (χ1v) is 7.26. The number of carbonyl (C=O) groups excluding carboxylic acids is 1. The fourth-order valence-electron chi connectivity index (χ4n) is 2.33. The Morgan fingerprint density at radius 1 is 1.00 bits per heavy atom. The monoisotopic (exact) mass is 282 g/mol. The fourth-order valence-corrected chi connectivity index (χ4v) is 2.33. The molecule has 0 aliphatic heterocycles. The van der Waals surface area contributed by atoms with E-state index in [1.54, 1.807) is 0 Å². The van der Waals surface area contributed by atoms with Gasteiger partial charge in [0, 0.05) is 5.69 Å². The van der Waals surface area contributed by atoms with E-state index >= 15 is 0 Å². The predicted molar refractivity (Wildman–Crippen MR) is 87.6 cm³/mol. The average molecular weight is 282 g/mol. The maximum absolute atomic E-state index is 11.9. The highest BCUT2D eigenvalue weighted by Crippen LogP contribution is 2.13. The Balaban J connectivity index is 1.72. The number of anilines is 1. The lowest BCUT2D eigenvalue weighted by molar-refractivity contribution is -0.115. The maximum atomic E-state index is 11.9. The van der Waals surface area contributed by atoms with Gasteiger partial charge in [0.25, 0.3) is 0 Å². The normalized spacial score (nSPS) is 10.4. The summed E-state index contributed by atoms with van der Waals surface area (Å²) in [4.78, 5) is 11.9. The Morgan fingerprint density at radius 3 is 2.33 bits per heavy atom. The molecule has 2 aromatic rings. The molecular weight excluding hydrogens is 260 g/mol. The fraction of sp³-hybridized carbons (Fsp3) is 0.278. The second-order valence-corrected chi connectivity index (χ2v) is 5.34. The van der Waals surface area contributed by atoms with Crippen LogP contribution >= 0.6 is 0 Å². The van der Waals surface area contributed by atoms with Crippen molar-refractivity contribution in [3.63, 3.8) is 0 Å². The van der Waals surface area contributed by atoms with Gasteiger partial charge in [0.15, 0.2) is 0 Å². The van der Waals surface area contributed by atoms with Crippen molar-refractivity contribution in [1.82, 2.24) is 5.32 Å². The van der Waals surface area contributed by atoms with E-state index in [4.69, 9.17) is 0 Å². The average Bonchev–Trinajstić information content (AvgIpc) is 2.43. The second-order valence-electron chi connectivity index (χ2n) is 5.34. The van der Waals surface area contributed by atoms with Crippen LogP contribution in [0, 0.1) is 13.8 Å². The van der Waals surface area contributed by atoms with Crippen molar-refractivity contribution in [2.75, 3.05) is 18.4 Å². The Hall–Kier alpha value is -2.13. The SMILES string of the molecule is Cc1cc(C)cc(NC(=O)CNCCc2ccccc2)c1. The van der Waals surface area contributed by atoms with Gasteiger partial charge >= 0.3 is 0 Å². The molecule has 0 saturated carbocycles. The number of hydrogen-bond acceptors (Lipinski definition) is 2. The van der Waals surface area contributed by atoms with Crippen LogP contribution in [0.3, 0.4) is 0 Å². The van der Waals surface area contributed by atoms with Crippen LogP contribution < -0.4 is 10.6 Å². The van der Waals surface area contributed by atoms with Crippen LogP contribution in [-0.4, -0.2) is 19.0 Å². The number of amides is 1. The van der Waals surface area contributed by atoms with E-state index < -0.39 is 0 Å². The van der Waals surface area contributed by atoms with Crippen LogP contribution in [0.25, 0.3) is 0 Å². The quantitative estimate of drug-likeness (QED) is 0.799. The zero-order valence-corrected chi connectivity index (χ0v) is 12.6. The lowest BCUT2D eigenvalue weighted by atomic mass is 10.1. The lowest BCUT2D eigenvalue weighted by Crippen LogP contribution is -2.29. The van der Waals surface area contributed by atoms with Crippen LogP contribution in [-0.2, 0) is 11.2 Å². The first-order valence-electron chi connectivity index (χ1n) is 7.26. The van der Waals surface area contributed by atoms with Crippen molar-refractivity contribution < 1.29 is 4.79 Å². The molecule has 2 rings (SSSR count). The topological polar surface area (TPSA) is 41.1 Å². The summed E-state index contributed by atoms with van der Waals surface area (Å²) in [7, 11) is 0. The molecule has 0 heterocycles. The minimum atomic E-state index is -0.00642. The maximum Gasteiger partial charge on any atom is 0.238 e. The van der Waals surface area contributed by atoms with Gasteiger partial charge in [0.2, 0.25) is 5.91 Å². The van der Waals surface area contributed by atoms with E-state index in [2.05, 4.69) is 28.8 Å². The lowest BCUT2D eigenvalue weighted by Gasteiger charge is -2.08. The molecule has 0 saturated heterocycles.